The van der Waals surface area contributed by atoms with Crippen molar-refractivity contribution in [2.45, 2.75) is 57.8 Å². The van der Waals surface area contributed by atoms with E-state index in [9.17, 15) is 19.5 Å². The Morgan fingerprint density at radius 3 is 2.76 bits per heavy atom. The Balaban J connectivity index is 1.44. The van der Waals surface area contributed by atoms with Gasteiger partial charge in [0.05, 0.1) is 17.9 Å². The van der Waals surface area contributed by atoms with Crippen molar-refractivity contribution in [1.82, 2.24) is 25.3 Å². The number of hydrogen-bond donors (Lipinski definition) is 4. The fourth-order valence-corrected chi connectivity index (χ4v) is 4.63. The van der Waals surface area contributed by atoms with E-state index in [1.165, 1.54) is 17.9 Å². The molecule has 0 radical (unpaired) electrons. The van der Waals surface area contributed by atoms with Crippen LogP contribution in [0.3, 0.4) is 0 Å². The second-order valence-corrected chi connectivity index (χ2v) is 9.66. The number of H-pyrrole nitrogens is 1. The monoisotopic (exact) mass is 524 g/mol. The van der Waals surface area contributed by atoms with Crippen molar-refractivity contribution < 1.29 is 29.0 Å². The predicted octanol–water partition coefficient (Wildman–Crippen LogP) is 3.50. The van der Waals surface area contributed by atoms with Gasteiger partial charge in [-0.2, -0.15) is 10.2 Å². The normalized spacial score (nSPS) is 17.0. The molecule has 0 saturated heterocycles. The van der Waals surface area contributed by atoms with Crippen LogP contribution in [0.2, 0.25) is 0 Å². The van der Waals surface area contributed by atoms with Crippen molar-refractivity contribution in [3.05, 3.63) is 46.8 Å². The first-order valence-electron chi connectivity index (χ1n) is 12.4. The van der Waals surface area contributed by atoms with Gasteiger partial charge in [0.15, 0.2) is 12.1 Å². The number of phenols is 1. The van der Waals surface area contributed by atoms with Crippen molar-refractivity contribution >= 4 is 24.1 Å². The van der Waals surface area contributed by atoms with Gasteiger partial charge in [-0.25, -0.2) is 4.79 Å². The molecule has 38 heavy (non-hydrogen) atoms. The molecule has 0 unspecified atom stereocenters. The van der Waals surface area contributed by atoms with Crippen LogP contribution in [0.5, 0.6) is 5.75 Å². The number of methoxy groups -OCH3 is 1. The van der Waals surface area contributed by atoms with E-state index in [-0.39, 0.29) is 41.7 Å². The van der Waals surface area contributed by atoms with Gasteiger partial charge in [-0.1, -0.05) is 0 Å². The van der Waals surface area contributed by atoms with Crippen LogP contribution in [0.15, 0.2) is 24.3 Å². The summed E-state index contributed by atoms with van der Waals surface area (Å²) in [5.41, 5.74) is 2.57. The van der Waals surface area contributed by atoms with Crippen molar-refractivity contribution in [3.63, 3.8) is 0 Å². The number of anilines is 1. The maximum absolute atomic E-state index is 13.0. The molecular formula is C26H32N6O6. The van der Waals surface area contributed by atoms with Crippen molar-refractivity contribution in [2.24, 2.45) is 7.05 Å². The number of rotatable bonds is 9. The lowest BCUT2D eigenvalue weighted by Crippen LogP contribution is -2.33. The fraction of sp³-hybridized carbons (Fsp3) is 0.423. The molecule has 0 aliphatic heterocycles. The molecule has 4 N–H and O–H groups in total. The molecule has 2 heterocycles. The summed E-state index contributed by atoms with van der Waals surface area (Å²) in [4.78, 5) is 36.6. The van der Waals surface area contributed by atoms with E-state index in [0.717, 1.165) is 18.5 Å². The first-order valence-corrected chi connectivity index (χ1v) is 12.4. The SMILES string of the molecule is COCc1cc(O)c(C=O)c(-c2cc(C(=O)Nc3cc([C@H]4CC[C@@H](OC(=O)NC(C)C)C4)[nH]n3)n(C)n2)c1. The molecule has 1 aliphatic carbocycles. The van der Waals surface area contributed by atoms with Crippen LogP contribution < -0.4 is 10.6 Å². The topological polar surface area (TPSA) is 160 Å². The Morgan fingerprint density at radius 1 is 1.26 bits per heavy atom. The number of aromatic nitrogens is 4. The average molecular weight is 525 g/mol. The van der Waals surface area contributed by atoms with Crippen LogP contribution in [0, 0.1) is 0 Å². The lowest BCUT2D eigenvalue weighted by molar-refractivity contribution is 0.0979. The molecule has 2 aromatic heterocycles. The molecule has 12 heteroatoms. The molecule has 0 bridgehead atoms. The Labute approximate surface area is 219 Å². The number of aromatic hydroxyl groups is 1. The number of carbonyl (C=O) groups excluding carboxylic acids is 3. The van der Waals surface area contributed by atoms with Gasteiger partial charge in [0.1, 0.15) is 17.5 Å². The zero-order chi connectivity index (χ0) is 27.4. The quantitative estimate of drug-likeness (QED) is 0.309. The number of hydrogen-bond acceptors (Lipinski definition) is 8. The number of phenolic OH excluding ortho intramolecular Hbond substituents is 1. The summed E-state index contributed by atoms with van der Waals surface area (Å²) in [6, 6.07) is 6.48. The van der Waals surface area contributed by atoms with Crippen LogP contribution in [0.25, 0.3) is 11.3 Å². The molecule has 2 atom stereocenters. The first kappa shape index (κ1) is 26.9. The standard InChI is InChI=1S/C26H32N6O6/c1-14(2)27-26(36)38-17-6-5-16(9-17)20-11-24(30-29-20)28-25(35)22-10-21(31-32(22)3)18-7-15(13-37-4)8-23(34)19(18)12-33/h7-8,10-12,14,16-17,34H,5-6,9,13H2,1-4H3,(H,27,36)(H2,28,29,30,35)/t16-,17+/m0/s1. The zero-order valence-electron chi connectivity index (χ0n) is 21.8. The minimum absolute atomic E-state index is 0.00836. The number of aryl methyl sites for hydroxylation is 1. The molecular weight excluding hydrogens is 492 g/mol. The minimum atomic E-state index is -0.438. The third-order valence-electron chi connectivity index (χ3n) is 6.38. The Kier molecular flexibility index (Phi) is 8.10. The second-order valence-electron chi connectivity index (χ2n) is 9.66. The average Bonchev–Trinajstić information content (AvgIpc) is 3.58. The number of aldehydes is 1. The van der Waals surface area contributed by atoms with Crippen LogP contribution >= 0.6 is 0 Å². The van der Waals surface area contributed by atoms with Gasteiger partial charge in [-0.3, -0.25) is 19.4 Å². The highest BCUT2D eigenvalue weighted by molar-refractivity contribution is 6.03. The first-order chi connectivity index (χ1) is 18.2. The van der Waals surface area contributed by atoms with Gasteiger partial charge in [0, 0.05) is 43.4 Å². The summed E-state index contributed by atoms with van der Waals surface area (Å²) in [6.45, 7) is 3.98. The number of aromatic amines is 1. The van der Waals surface area contributed by atoms with Crippen molar-refractivity contribution in [1.29, 1.82) is 0 Å². The van der Waals surface area contributed by atoms with Crippen LogP contribution in [-0.4, -0.2) is 62.6 Å². The number of carbonyl (C=O) groups is 3. The number of benzene rings is 1. The van der Waals surface area contributed by atoms with Gasteiger partial charge in [0.25, 0.3) is 5.91 Å². The number of nitrogens with one attached hydrogen (secondary N) is 3. The molecule has 3 aromatic rings. The van der Waals surface area contributed by atoms with Crippen molar-refractivity contribution in [3.8, 4) is 17.0 Å². The van der Waals surface area contributed by atoms with E-state index in [4.69, 9.17) is 9.47 Å². The van der Waals surface area contributed by atoms with Crippen LogP contribution in [0.1, 0.15) is 71.1 Å². The van der Waals surface area contributed by atoms with Gasteiger partial charge in [0.2, 0.25) is 0 Å². The summed E-state index contributed by atoms with van der Waals surface area (Å²) >= 11 is 0. The lowest BCUT2D eigenvalue weighted by atomic mass is 10.0. The highest BCUT2D eigenvalue weighted by atomic mass is 16.6. The smallest absolute Gasteiger partial charge is 0.407 e. The fourth-order valence-electron chi connectivity index (χ4n) is 4.63. The van der Waals surface area contributed by atoms with Gasteiger partial charge in [-0.05, 0) is 56.9 Å². The summed E-state index contributed by atoms with van der Waals surface area (Å²) < 4.78 is 12.0. The largest absolute Gasteiger partial charge is 0.507 e. The molecule has 4 rings (SSSR count). The maximum atomic E-state index is 13.0. The molecule has 1 aromatic carbocycles. The third kappa shape index (κ3) is 6.02. The molecule has 12 nitrogen and oxygen atoms in total. The summed E-state index contributed by atoms with van der Waals surface area (Å²) in [5, 5.41) is 27.4. The lowest BCUT2D eigenvalue weighted by Gasteiger charge is -2.14. The summed E-state index contributed by atoms with van der Waals surface area (Å²) in [6.07, 6.45) is 2.20. The number of nitrogens with zero attached hydrogens (tertiary/aromatic N) is 3. The second kappa shape index (κ2) is 11.5. The number of amides is 2. The van der Waals surface area contributed by atoms with Gasteiger partial charge < -0.3 is 25.2 Å². The van der Waals surface area contributed by atoms with Gasteiger partial charge >= 0.3 is 6.09 Å². The number of ether oxygens (including phenoxy) is 2. The Bertz CT molecular complexity index is 1330. The molecule has 0 spiro atoms. The summed E-state index contributed by atoms with van der Waals surface area (Å²) in [5.74, 6) is -0.150. The third-order valence-corrected chi connectivity index (χ3v) is 6.38. The van der Waals surface area contributed by atoms with E-state index >= 15 is 0 Å². The van der Waals surface area contributed by atoms with E-state index in [2.05, 4.69) is 25.9 Å². The minimum Gasteiger partial charge on any atom is -0.507 e. The van der Waals surface area contributed by atoms with Crippen LogP contribution in [0.4, 0.5) is 10.6 Å². The Hall–Kier alpha value is -4.19. The highest BCUT2D eigenvalue weighted by Crippen LogP contribution is 2.36. The molecule has 202 valence electrons. The van der Waals surface area contributed by atoms with Crippen molar-refractivity contribution in [2.75, 3.05) is 12.4 Å². The van der Waals surface area contributed by atoms with E-state index in [1.54, 1.807) is 25.2 Å². The number of alkyl carbamates (subject to hydrolysis) is 1. The van der Waals surface area contributed by atoms with E-state index < -0.39 is 12.0 Å². The van der Waals surface area contributed by atoms with E-state index in [0.29, 0.717) is 35.3 Å². The van der Waals surface area contributed by atoms with Gasteiger partial charge in [-0.15, -0.1) is 0 Å². The predicted molar refractivity (Wildman–Crippen MR) is 138 cm³/mol. The highest BCUT2D eigenvalue weighted by Gasteiger charge is 2.30. The molecule has 2 amide bonds. The molecule has 1 fully saturated rings. The van der Waals surface area contributed by atoms with Crippen LogP contribution in [-0.2, 0) is 23.1 Å². The summed E-state index contributed by atoms with van der Waals surface area (Å²) in [7, 11) is 3.14. The maximum Gasteiger partial charge on any atom is 0.407 e. The molecule has 1 saturated carbocycles. The van der Waals surface area contributed by atoms with E-state index in [1.807, 2.05) is 13.8 Å². The zero-order valence-corrected chi connectivity index (χ0v) is 21.8. The Morgan fingerprint density at radius 2 is 2.05 bits per heavy atom. The molecule has 1 aliphatic rings.